The molecular weight excluding hydrogens is 341 g/mol. The molecule has 7 N–H and O–H groups in total. The fourth-order valence-electron chi connectivity index (χ4n) is 2.42. The quantitative estimate of drug-likeness (QED) is 0.279. The number of nitrogens with one attached hydrogen (secondary N) is 1. The minimum Gasteiger partial charge on any atom is -0.508 e. The van der Waals surface area contributed by atoms with Gasteiger partial charge < -0.3 is 30.2 Å². The van der Waals surface area contributed by atoms with Gasteiger partial charge in [-0.05, 0) is 17.7 Å². The molecule has 0 aliphatic heterocycles. The van der Waals surface area contributed by atoms with Gasteiger partial charge in [0.2, 0.25) is 0 Å². The molecule has 2 rings (SSSR count). The highest BCUT2D eigenvalue weighted by molar-refractivity contribution is 7.49. The van der Waals surface area contributed by atoms with E-state index in [1.165, 1.54) is 24.3 Å². The van der Waals surface area contributed by atoms with E-state index in [1.807, 2.05) is 0 Å². The van der Waals surface area contributed by atoms with Crippen molar-refractivity contribution in [1.29, 1.82) is 0 Å². The van der Waals surface area contributed by atoms with Gasteiger partial charge in [-0.25, -0.2) is 4.57 Å². The van der Waals surface area contributed by atoms with Gasteiger partial charge in [0, 0.05) is 24.3 Å². The van der Waals surface area contributed by atoms with Crippen LogP contribution in [-0.4, -0.2) is 41.8 Å². The van der Waals surface area contributed by atoms with Crippen molar-refractivity contribution in [3.8, 4) is 5.75 Å². The molecule has 0 spiro atoms. The summed E-state index contributed by atoms with van der Waals surface area (Å²) < 4.78 is 11.1. The van der Waals surface area contributed by atoms with E-state index in [1.54, 1.807) is 5.09 Å². The van der Waals surface area contributed by atoms with Crippen LogP contribution in [0.5, 0.6) is 5.75 Å². The fourth-order valence-corrected chi connectivity index (χ4v) is 2.95. The highest BCUT2D eigenvalue weighted by Gasteiger charge is 2.44. The lowest BCUT2D eigenvalue weighted by Crippen LogP contribution is -2.48. The molecule has 0 aromatic heterocycles. The smallest absolute Gasteiger partial charge is 0.427 e. The van der Waals surface area contributed by atoms with Crippen molar-refractivity contribution in [3.63, 3.8) is 0 Å². The Morgan fingerprint density at radius 2 is 1.67 bits per heavy atom. The molecule has 130 valence electrons. The predicted octanol–water partition coefficient (Wildman–Crippen LogP) is -0.177. The molecule has 1 aliphatic carbocycles. The second-order valence-corrected chi connectivity index (χ2v) is 6.69. The monoisotopic (exact) mass is 357 g/mol. The lowest BCUT2D eigenvalue weighted by atomic mass is 9.84. The van der Waals surface area contributed by atoms with Crippen LogP contribution in [0, 0.1) is 5.92 Å². The van der Waals surface area contributed by atoms with Crippen LogP contribution in [-0.2, 0) is 15.8 Å². The number of allylic oxidation sites excluding steroid dienone is 2. The average Bonchev–Trinajstić information content (AvgIpc) is 2.37. The van der Waals surface area contributed by atoms with Gasteiger partial charge in [0.15, 0.2) is 11.6 Å². The first-order chi connectivity index (χ1) is 11.0. The summed E-state index contributed by atoms with van der Waals surface area (Å²) in [6.45, 7) is 0. The number of hydrogen-bond donors (Lipinski definition) is 7. The number of rotatable bonds is 5. The molecule has 1 aromatic carbocycles. The maximum absolute atomic E-state index is 12.1. The van der Waals surface area contributed by atoms with Crippen molar-refractivity contribution in [2.75, 3.05) is 0 Å². The summed E-state index contributed by atoms with van der Waals surface area (Å²) in [6.07, 6.45) is 1.11. The standard InChI is InChI=1S/C14H16NO8P/c16-9-3-1-8(2-4-9)7-14(19,20)13-11(15-24(21,22)23)5-10(17)6-12(13)18/h1-6,13,16-17,19-20H,7H2,(H3,15,21,22,23). The molecule has 1 aliphatic rings. The fraction of sp³-hybridized carbons (Fsp3) is 0.214. The van der Waals surface area contributed by atoms with Gasteiger partial charge in [-0.3, -0.25) is 9.88 Å². The zero-order chi connectivity index (χ0) is 18.1. The molecule has 0 bridgehead atoms. The number of benzene rings is 1. The number of phenolic OH excluding ortho intramolecular Hbond substituents is 1. The van der Waals surface area contributed by atoms with Gasteiger partial charge in [0.25, 0.3) is 0 Å². The maximum Gasteiger partial charge on any atom is 0.427 e. The molecule has 1 aromatic rings. The van der Waals surface area contributed by atoms with E-state index in [0.29, 0.717) is 5.56 Å². The summed E-state index contributed by atoms with van der Waals surface area (Å²) in [6, 6.07) is 5.42. The Morgan fingerprint density at radius 1 is 1.08 bits per heavy atom. The number of aromatic hydroxyl groups is 1. The minimum atomic E-state index is -4.85. The first-order valence-corrected chi connectivity index (χ1v) is 8.32. The van der Waals surface area contributed by atoms with Crippen molar-refractivity contribution in [1.82, 2.24) is 5.09 Å². The van der Waals surface area contributed by atoms with Crippen molar-refractivity contribution >= 4 is 13.5 Å². The summed E-state index contributed by atoms with van der Waals surface area (Å²) in [5.41, 5.74) is -0.156. The molecule has 1 atom stereocenters. The third-order valence-electron chi connectivity index (χ3n) is 3.33. The van der Waals surface area contributed by atoms with E-state index in [2.05, 4.69) is 0 Å². The first kappa shape index (κ1) is 18.2. The second-order valence-electron chi connectivity index (χ2n) is 5.38. The van der Waals surface area contributed by atoms with E-state index in [4.69, 9.17) is 9.79 Å². The molecule has 9 nitrogen and oxygen atoms in total. The molecule has 10 heteroatoms. The number of ketones is 1. The summed E-state index contributed by atoms with van der Waals surface area (Å²) >= 11 is 0. The Kier molecular flexibility index (Phi) is 4.84. The van der Waals surface area contributed by atoms with Crippen molar-refractivity contribution in [3.05, 3.63) is 53.4 Å². The van der Waals surface area contributed by atoms with Crippen LogP contribution in [0.15, 0.2) is 47.9 Å². The van der Waals surface area contributed by atoms with Gasteiger partial charge in [-0.15, -0.1) is 0 Å². The van der Waals surface area contributed by atoms with E-state index < -0.39 is 43.1 Å². The summed E-state index contributed by atoms with van der Waals surface area (Å²) in [4.78, 5) is 30.1. The SMILES string of the molecule is O=C1C=C(O)C=C(NP(=O)(O)O)C1C(O)(O)Cc1ccc(O)cc1. The Morgan fingerprint density at radius 3 is 2.21 bits per heavy atom. The molecule has 0 heterocycles. The van der Waals surface area contributed by atoms with E-state index in [-0.39, 0.29) is 5.75 Å². The van der Waals surface area contributed by atoms with Gasteiger partial charge in [-0.2, -0.15) is 0 Å². The third-order valence-corrected chi connectivity index (χ3v) is 3.88. The molecule has 1 unspecified atom stereocenters. The number of carbonyl (C=O) groups excluding carboxylic acids is 1. The van der Waals surface area contributed by atoms with Crippen molar-refractivity contribution < 1.29 is 39.6 Å². The van der Waals surface area contributed by atoms with Crippen LogP contribution >= 0.6 is 7.75 Å². The second kappa shape index (κ2) is 6.39. The topological polar surface area (TPSA) is 168 Å². The van der Waals surface area contributed by atoms with Gasteiger partial charge in [0.1, 0.15) is 17.4 Å². The van der Waals surface area contributed by atoms with E-state index in [0.717, 1.165) is 12.2 Å². The normalized spacial score (nSPS) is 18.8. The number of aliphatic hydroxyl groups is 3. The Bertz CT molecular complexity index is 747. The van der Waals surface area contributed by atoms with Crippen LogP contribution in [0.4, 0.5) is 0 Å². The van der Waals surface area contributed by atoms with Gasteiger partial charge >= 0.3 is 7.75 Å². The van der Waals surface area contributed by atoms with Crippen LogP contribution in [0.3, 0.4) is 0 Å². The van der Waals surface area contributed by atoms with Crippen LogP contribution in [0.1, 0.15) is 5.56 Å². The van der Waals surface area contributed by atoms with Crippen molar-refractivity contribution in [2.24, 2.45) is 5.92 Å². The average molecular weight is 357 g/mol. The summed E-state index contributed by atoms with van der Waals surface area (Å²) in [7, 11) is -4.85. The Hall–Kier alpha value is -2.16. The number of hydrogen-bond acceptors (Lipinski definition) is 6. The molecule has 0 saturated carbocycles. The Balaban J connectivity index is 2.34. The first-order valence-electron chi connectivity index (χ1n) is 6.70. The summed E-state index contributed by atoms with van der Waals surface area (Å²) in [5, 5.41) is 41.0. The zero-order valence-electron chi connectivity index (χ0n) is 12.2. The molecule has 24 heavy (non-hydrogen) atoms. The minimum absolute atomic E-state index is 0.0365. The highest BCUT2D eigenvalue weighted by atomic mass is 31.2. The summed E-state index contributed by atoms with van der Waals surface area (Å²) in [5.74, 6) is -5.98. The largest absolute Gasteiger partial charge is 0.508 e. The van der Waals surface area contributed by atoms with Crippen molar-refractivity contribution in [2.45, 2.75) is 12.2 Å². The van der Waals surface area contributed by atoms with Gasteiger partial charge in [0.05, 0.1) is 0 Å². The van der Waals surface area contributed by atoms with Crippen LogP contribution in [0.25, 0.3) is 0 Å². The predicted molar refractivity (Wildman–Crippen MR) is 81.5 cm³/mol. The molecule has 0 amide bonds. The number of phenols is 1. The molecule has 0 saturated heterocycles. The third kappa shape index (κ3) is 4.44. The van der Waals surface area contributed by atoms with Crippen LogP contribution in [0.2, 0.25) is 0 Å². The molecule has 0 radical (unpaired) electrons. The van der Waals surface area contributed by atoms with Gasteiger partial charge in [-0.1, -0.05) is 12.1 Å². The van der Waals surface area contributed by atoms with E-state index >= 15 is 0 Å². The zero-order valence-corrected chi connectivity index (χ0v) is 13.1. The number of carbonyl (C=O) groups is 1. The highest BCUT2D eigenvalue weighted by Crippen LogP contribution is 2.37. The molecule has 0 fully saturated rings. The van der Waals surface area contributed by atoms with Crippen LogP contribution < -0.4 is 5.09 Å². The van der Waals surface area contributed by atoms with E-state index in [9.17, 15) is 29.8 Å². The lowest BCUT2D eigenvalue weighted by Gasteiger charge is -2.33. The molecular formula is C14H16NO8P. The maximum atomic E-state index is 12.1. The Labute approximate surface area is 136 Å². The lowest BCUT2D eigenvalue weighted by molar-refractivity contribution is -0.191. The number of aliphatic hydroxyl groups excluding tert-OH is 1.